The maximum absolute atomic E-state index is 11.9. The molecule has 0 heterocycles. The number of esters is 1. The Bertz CT molecular complexity index is 791. The van der Waals surface area contributed by atoms with Crippen LogP contribution in [-0.2, 0) is 9.53 Å². The molecule has 2 aromatic carbocycles. The SMILES string of the molecule is C#C/C=C(\c1cc2ccccc2cc1C)C(C)OC(=O)C(C)C. The third-order valence-electron chi connectivity index (χ3n) is 3.84. The molecular weight excluding hydrogens is 284 g/mol. The van der Waals surface area contributed by atoms with E-state index in [0.717, 1.165) is 22.1 Å². The van der Waals surface area contributed by atoms with Crippen molar-refractivity contribution in [1.82, 2.24) is 0 Å². The molecule has 0 spiro atoms. The molecule has 1 unspecified atom stereocenters. The zero-order chi connectivity index (χ0) is 17.0. The van der Waals surface area contributed by atoms with Gasteiger partial charge in [0.05, 0.1) is 5.92 Å². The molecule has 0 saturated heterocycles. The van der Waals surface area contributed by atoms with E-state index in [1.807, 2.05) is 39.8 Å². The van der Waals surface area contributed by atoms with Gasteiger partial charge in [-0.1, -0.05) is 50.1 Å². The summed E-state index contributed by atoms with van der Waals surface area (Å²) in [5, 5.41) is 2.32. The van der Waals surface area contributed by atoms with Crippen molar-refractivity contribution in [2.45, 2.75) is 33.8 Å². The number of aryl methyl sites for hydroxylation is 1. The molecular formula is C21H22O2. The summed E-state index contributed by atoms with van der Waals surface area (Å²) < 4.78 is 5.55. The maximum Gasteiger partial charge on any atom is 0.308 e. The molecule has 0 N–H and O–H groups in total. The van der Waals surface area contributed by atoms with Gasteiger partial charge in [-0.2, -0.15) is 0 Å². The lowest BCUT2D eigenvalue weighted by molar-refractivity contribution is -0.149. The minimum atomic E-state index is -0.388. The molecule has 23 heavy (non-hydrogen) atoms. The summed E-state index contributed by atoms with van der Waals surface area (Å²) in [6.07, 6.45) is 6.79. The van der Waals surface area contributed by atoms with E-state index in [1.165, 1.54) is 5.39 Å². The number of benzene rings is 2. The van der Waals surface area contributed by atoms with Crippen molar-refractivity contribution in [3.05, 3.63) is 53.6 Å². The monoisotopic (exact) mass is 306 g/mol. The highest BCUT2D eigenvalue weighted by atomic mass is 16.5. The summed E-state index contributed by atoms with van der Waals surface area (Å²) in [6, 6.07) is 12.4. The molecule has 1 atom stereocenters. The second kappa shape index (κ2) is 7.15. The van der Waals surface area contributed by atoms with E-state index >= 15 is 0 Å². The Kier molecular flexibility index (Phi) is 5.24. The van der Waals surface area contributed by atoms with Crippen LogP contribution in [0, 0.1) is 25.2 Å². The molecule has 118 valence electrons. The van der Waals surface area contributed by atoms with E-state index < -0.39 is 0 Å². The van der Waals surface area contributed by atoms with Gasteiger partial charge in [-0.25, -0.2) is 0 Å². The Morgan fingerprint density at radius 3 is 2.35 bits per heavy atom. The normalized spacial score (nSPS) is 13.0. The fourth-order valence-corrected chi connectivity index (χ4v) is 2.54. The van der Waals surface area contributed by atoms with E-state index in [1.54, 1.807) is 6.08 Å². The first-order valence-corrected chi connectivity index (χ1v) is 7.80. The van der Waals surface area contributed by atoms with Crippen LogP contribution in [-0.4, -0.2) is 12.1 Å². The van der Waals surface area contributed by atoms with Gasteiger partial charge >= 0.3 is 5.97 Å². The minimum Gasteiger partial charge on any atom is -0.458 e. The average Bonchev–Trinajstić information content (AvgIpc) is 2.52. The van der Waals surface area contributed by atoms with Gasteiger partial charge in [0.2, 0.25) is 0 Å². The van der Waals surface area contributed by atoms with Crippen LogP contribution in [0.15, 0.2) is 42.5 Å². The van der Waals surface area contributed by atoms with Crippen LogP contribution < -0.4 is 0 Å². The van der Waals surface area contributed by atoms with E-state index in [2.05, 4.69) is 30.2 Å². The first kappa shape index (κ1) is 16.8. The zero-order valence-electron chi connectivity index (χ0n) is 14.1. The van der Waals surface area contributed by atoms with Gasteiger partial charge in [0.1, 0.15) is 6.10 Å². The number of carbonyl (C=O) groups is 1. The lowest BCUT2D eigenvalue weighted by atomic mass is 9.93. The van der Waals surface area contributed by atoms with Crippen LogP contribution in [0.1, 0.15) is 31.9 Å². The minimum absolute atomic E-state index is 0.165. The van der Waals surface area contributed by atoms with Crippen molar-refractivity contribution in [2.24, 2.45) is 5.92 Å². The fourth-order valence-electron chi connectivity index (χ4n) is 2.54. The number of rotatable bonds is 4. The van der Waals surface area contributed by atoms with Gasteiger partial charge in [-0.3, -0.25) is 4.79 Å². The number of hydrogen-bond donors (Lipinski definition) is 0. The molecule has 0 aromatic heterocycles. The van der Waals surface area contributed by atoms with E-state index in [0.29, 0.717) is 0 Å². The molecule has 0 amide bonds. The van der Waals surface area contributed by atoms with Crippen molar-refractivity contribution in [2.75, 3.05) is 0 Å². The molecule has 2 heteroatoms. The molecule has 2 aromatic rings. The molecule has 0 aliphatic carbocycles. The molecule has 0 radical (unpaired) electrons. The van der Waals surface area contributed by atoms with Crippen LogP contribution in [0.2, 0.25) is 0 Å². The summed E-state index contributed by atoms with van der Waals surface area (Å²) in [4.78, 5) is 11.9. The second-order valence-corrected chi connectivity index (χ2v) is 6.01. The van der Waals surface area contributed by atoms with Gasteiger partial charge in [0, 0.05) is 5.57 Å². The highest BCUT2D eigenvalue weighted by molar-refractivity contribution is 5.89. The number of carbonyl (C=O) groups excluding carboxylic acids is 1. The topological polar surface area (TPSA) is 26.3 Å². The van der Waals surface area contributed by atoms with Crippen molar-refractivity contribution >= 4 is 22.3 Å². The average molecular weight is 306 g/mol. The van der Waals surface area contributed by atoms with Crippen LogP contribution in [0.3, 0.4) is 0 Å². The number of ether oxygens (including phenoxy) is 1. The molecule has 0 fully saturated rings. The van der Waals surface area contributed by atoms with Crippen molar-refractivity contribution in [3.8, 4) is 12.3 Å². The first-order valence-electron chi connectivity index (χ1n) is 7.80. The highest BCUT2D eigenvalue weighted by Crippen LogP contribution is 2.28. The van der Waals surface area contributed by atoms with Crippen LogP contribution in [0.25, 0.3) is 16.3 Å². The lowest BCUT2D eigenvalue weighted by Crippen LogP contribution is -2.20. The Balaban J connectivity index is 2.46. The highest BCUT2D eigenvalue weighted by Gasteiger charge is 2.19. The standard InChI is InChI=1S/C21H22O2/c1-6-9-19(16(5)23-21(22)14(2)3)20-13-18-11-8-7-10-17(18)12-15(20)4/h1,7-14,16H,2-5H3/b19-9-. The fraction of sp³-hybridized carbons (Fsp3) is 0.286. The maximum atomic E-state index is 11.9. The largest absolute Gasteiger partial charge is 0.458 e. The van der Waals surface area contributed by atoms with E-state index in [4.69, 9.17) is 11.2 Å². The molecule has 0 aliphatic rings. The summed E-state index contributed by atoms with van der Waals surface area (Å²) in [6.45, 7) is 7.54. The summed E-state index contributed by atoms with van der Waals surface area (Å²) in [7, 11) is 0. The predicted molar refractivity (Wildman–Crippen MR) is 95.9 cm³/mol. The second-order valence-electron chi connectivity index (χ2n) is 6.01. The molecule has 0 saturated carbocycles. The molecule has 0 bridgehead atoms. The van der Waals surface area contributed by atoms with Crippen molar-refractivity contribution < 1.29 is 9.53 Å². The van der Waals surface area contributed by atoms with E-state index in [9.17, 15) is 4.79 Å². The molecule has 2 nitrogen and oxygen atoms in total. The summed E-state index contributed by atoms with van der Waals surface area (Å²) >= 11 is 0. The Morgan fingerprint density at radius 1 is 1.17 bits per heavy atom. The number of terminal acetylenes is 1. The quantitative estimate of drug-likeness (QED) is 0.602. The Labute approximate surface area is 138 Å². The summed E-state index contributed by atoms with van der Waals surface area (Å²) in [5.41, 5.74) is 2.98. The first-order chi connectivity index (χ1) is 10.9. The number of hydrogen-bond acceptors (Lipinski definition) is 2. The van der Waals surface area contributed by atoms with Gasteiger partial charge in [-0.05, 0) is 47.9 Å². The lowest BCUT2D eigenvalue weighted by Gasteiger charge is -2.20. The molecule has 2 rings (SSSR count). The smallest absolute Gasteiger partial charge is 0.308 e. The number of allylic oxidation sites excluding steroid dienone is 1. The number of fused-ring (bicyclic) bond motifs is 1. The van der Waals surface area contributed by atoms with E-state index in [-0.39, 0.29) is 18.0 Å². The third-order valence-corrected chi connectivity index (χ3v) is 3.84. The third kappa shape index (κ3) is 3.81. The van der Waals surface area contributed by atoms with Gasteiger partial charge in [0.25, 0.3) is 0 Å². The predicted octanol–water partition coefficient (Wildman–Crippen LogP) is 4.75. The van der Waals surface area contributed by atoms with Gasteiger partial charge < -0.3 is 4.74 Å². The van der Waals surface area contributed by atoms with Gasteiger partial charge in [-0.15, -0.1) is 6.42 Å². The van der Waals surface area contributed by atoms with Crippen LogP contribution >= 0.6 is 0 Å². The summed E-state index contributed by atoms with van der Waals surface area (Å²) in [5.74, 6) is 2.18. The Hall–Kier alpha value is -2.53. The van der Waals surface area contributed by atoms with Crippen molar-refractivity contribution in [1.29, 1.82) is 0 Å². The Morgan fingerprint density at radius 2 is 1.78 bits per heavy atom. The molecule has 0 aliphatic heterocycles. The van der Waals surface area contributed by atoms with Crippen LogP contribution in [0.4, 0.5) is 0 Å². The zero-order valence-corrected chi connectivity index (χ0v) is 14.1. The van der Waals surface area contributed by atoms with Crippen molar-refractivity contribution in [3.63, 3.8) is 0 Å². The van der Waals surface area contributed by atoms with Crippen LogP contribution in [0.5, 0.6) is 0 Å². The van der Waals surface area contributed by atoms with Gasteiger partial charge in [0.15, 0.2) is 0 Å².